The normalized spacial score (nSPS) is 6.00. The second-order valence-electron chi connectivity index (χ2n) is 3.15. The van der Waals surface area contributed by atoms with Crippen LogP contribution < -0.4 is 0 Å². The van der Waals surface area contributed by atoms with Gasteiger partial charge in [0.05, 0.1) is 7.18 Å². The first-order valence-electron chi connectivity index (χ1n) is 5.39. The van der Waals surface area contributed by atoms with Crippen LogP contribution in [0.1, 0.15) is 61.3 Å². The molecule has 0 aromatic rings. The molecule has 1 nitrogen and oxygen atoms in total. The van der Waals surface area contributed by atoms with Gasteiger partial charge in [-0.1, -0.05) is 61.3 Å². The van der Waals surface area contributed by atoms with Crippen molar-refractivity contribution in [3.63, 3.8) is 0 Å². The Morgan fingerprint density at radius 3 is 0.786 bits per heavy atom. The van der Waals surface area contributed by atoms with E-state index in [2.05, 4.69) is 48.5 Å². The minimum atomic E-state index is 0.500. The van der Waals surface area contributed by atoms with Gasteiger partial charge in [-0.2, -0.15) is 0 Å². The molecular weight excluding hydrogens is 179 g/mol. The molecule has 0 aromatic heterocycles. The zero-order valence-corrected chi connectivity index (χ0v) is 11.8. The van der Waals surface area contributed by atoms with E-state index in [1.165, 1.54) is 12.8 Å². The number of aliphatic hydroxyl groups excluding tert-OH is 1. The zero-order chi connectivity index (χ0) is 13.0. The van der Waals surface area contributed by atoms with Gasteiger partial charge in [0.1, 0.15) is 0 Å². The van der Waals surface area contributed by atoms with E-state index in [4.69, 9.17) is 5.11 Å². The summed E-state index contributed by atoms with van der Waals surface area (Å²) in [5.74, 6) is 0.833. The van der Waals surface area contributed by atoms with Gasteiger partial charge in [0.2, 0.25) is 0 Å². The molecule has 2 heteroatoms. The van der Waals surface area contributed by atoms with Crippen LogP contribution >= 0.6 is 0 Å². The smallest absolute Gasteiger partial charge is 0.0785 e. The van der Waals surface area contributed by atoms with Crippen molar-refractivity contribution < 1.29 is 9.50 Å². The highest BCUT2D eigenvalue weighted by molar-refractivity contribution is 4.20. The first kappa shape index (κ1) is 29.2. The molecule has 0 aliphatic heterocycles. The van der Waals surface area contributed by atoms with Crippen molar-refractivity contribution in [1.29, 1.82) is 0 Å². The highest BCUT2D eigenvalue weighted by Crippen LogP contribution is 1.81. The molecular formula is C12H33FO. The average molecular weight is 212 g/mol. The van der Waals surface area contributed by atoms with Crippen molar-refractivity contribution >= 4 is 0 Å². The third-order valence-electron chi connectivity index (χ3n) is 0. The fraction of sp³-hybridized carbons (Fsp3) is 1.00. The van der Waals surface area contributed by atoms with Gasteiger partial charge in [-0.3, -0.25) is 4.39 Å². The molecule has 0 radical (unpaired) electrons. The number of aliphatic hydroxyl groups is 1. The van der Waals surface area contributed by atoms with E-state index < -0.39 is 0 Å². The van der Waals surface area contributed by atoms with Crippen LogP contribution in [0.3, 0.4) is 0 Å². The summed E-state index contributed by atoms with van der Waals surface area (Å²) in [6.07, 6.45) is 2.50. The van der Waals surface area contributed by atoms with E-state index in [1.807, 2.05) is 0 Å². The molecule has 0 aromatic carbocycles. The first-order chi connectivity index (χ1) is 6.56. The molecule has 0 bridgehead atoms. The lowest BCUT2D eigenvalue weighted by Gasteiger charge is -1.79. The zero-order valence-electron chi connectivity index (χ0n) is 11.8. The quantitative estimate of drug-likeness (QED) is 0.617. The lowest BCUT2D eigenvalue weighted by atomic mass is 10.3. The van der Waals surface area contributed by atoms with E-state index in [0.29, 0.717) is 7.18 Å². The van der Waals surface area contributed by atoms with Crippen molar-refractivity contribution in [2.45, 2.75) is 61.3 Å². The Morgan fingerprint density at radius 2 is 0.786 bits per heavy atom. The molecule has 0 unspecified atom stereocenters. The molecule has 0 atom stereocenters. The van der Waals surface area contributed by atoms with Crippen LogP contribution in [-0.4, -0.2) is 19.4 Å². The average Bonchev–Trinajstić information content (AvgIpc) is 2.12. The van der Waals surface area contributed by atoms with Gasteiger partial charge in [-0.25, -0.2) is 0 Å². The summed E-state index contributed by atoms with van der Waals surface area (Å²) in [7, 11) is 1.50. The molecule has 0 spiro atoms. The summed E-state index contributed by atoms with van der Waals surface area (Å²) in [5, 5.41) is 7.00. The second kappa shape index (κ2) is 76.2. The van der Waals surface area contributed by atoms with Crippen LogP contribution in [0.25, 0.3) is 0 Å². The largest absolute Gasteiger partial charge is 0.400 e. The van der Waals surface area contributed by atoms with Gasteiger partial charge in [-0.05, 0) is 5.92 Å². The third kappa shape index (κ3) is 117000. The lowest BCUT2D eigenvalue weighted by molar-refractivity contribution is 0.399. The number of halogens is 1. The van der Waals surface area contributed by atoms with Crippen LogP contribution in [0.5, 0.6) is 0 Å². The van der Waals surface area contributed by atoms with Crippen LogP contribution in [-0.2, 0) is 0 Å². The Hall–Kier alpha value is -0.110. The topological polar surface area (TPSA) is 20.2 Å². The van der Waals surface area contributed by atoms with Crippen LogP contribution in [0.15, 0.2) is 0 Å². The highest BCUT2D eigenvalue weighted by Gasteiger charge is 1.68. The number of rotatable bonds is 0. The minimum absolute atomic E-state index is 0.500. The first-order valence-corrected chi connectivity index (χ1v) is 5.39. The van der Waals surface area contributed by atoms with E-state index in [9.17, 15) is 4.39 Å². The van der Waals surface area contributed by atoms with Gasteiger partial charge in [0, 0.05) is 7.11 Å². The summed E-state index contributed by atoms with van der Waals surface area (Å²) in [6.45, 7) is 15.0. The van der Waals surface area contributed by atoms with Gasteiger partial charge in [0.25, 0.3) is 0 Å². The van der Waals surface area contributed by atoms with Crippen molar-refractivity contribution in [3.8, 4) is 0 Å². The standard InChI is InChI=1S/C4H10.2C3H8.CH3F.CH4O/c1-4(2)3;2*1-3-2;2*1-2/h4H,1-3H3;2*3H2,1-2H3;1H3;2H,1H3. The van der Waals surface area contributed by atoms with Gasteiger partial charge < -0.3 is 5.11 Å². The fourth-order valence-electron chi connectivity index (χ4n) is 0. The number of hydrogen-bond acceptors (Lipinski definition) is 1. The fourth-order valence-corrected chi connectivity index (χ4v) is 0. The molecule has 0 aliphatic rings. The molecule has 14 heavy (non-hydrogen) atoms. The maximum atomic E-state index is 9.50. The van der Waals surface area contributed by atoms with E-state index in [0.717, 1.165) is 13.0 Å². The Balaban J connectivity index is -0.0000000249. The Bertz CT molecular complexity index is 26.7. The predicted molar refractivity (Wildman–Crippen MR) is 67.6 cm³/mol. The maximum Gasteiger partial charge on any atom is 0.0785 e. The molecule has 1 N–H and O–H groups in total. The van der Waals surface area contributed by atoms with Gasteiger partial charge in [-0.15, -0.1) is 0 Å². The number of alkyl halides is 1. The molecule has 0 saturated heterocycles. The van der Waals surface area contributed by atoms with Crippen molar-refractivity contribution in [2.75, 3.05) is 14.3 Å². The lowest BCUT2D eigenvalue weighted by Crippen LogP contribution is -1.66. The third-order valence-corrected chi connectivity index (χ3v) is 0. The van der Waals surface area contributed by atoms with Crippen LogP contribution in [0, 0.1) is 5.92 Å². The monoisotopic (exact) mass is 212 g/mol. The van der Waals surface area contributed by atoms with E-state index in [-0.39, 0.29) is 0 Å². The van der Waals surface area contributed by atoms with Gasteiger partial charge >= 0.3 is 0 Å². The molecule has 0 rings (SSSR count). The molecule has 0 aliphatic carbocycles. The Kier molecular flexibility index (Phi) is 159. The Morgan fingerprint density at radius 1 is 0.786 bits per heavy atom. The summed E-state index contributed by atoms with van der Waals surface area (Å²) < 4.78 is 9.50. The maximum absolute atomic E-state index is 9.50. The minimum Gasteiger partial charge on any atom is -0.400 e. The summed E-state index contributed by atoms with van der Waals surface area (Å²) in [6, 6.07) is 0. The van der Waals surface area contributed by atoms with Crippen LogP contribution in [0.4, 0.5) is 4.39 Å². The molecule has 94 valence electrons. The summed E-state index contributed by atoms with van der Waals surface area (Å²) in [5.41, 5.74) is 0. The van der Waals surface area contributed by atoms with Crippen LogP contribution in [0.2, 0.25) is 0 Å². The molecule has 0 saturated carbocycles. The number of hydrogen-bond donors (Lipinski definition) is 1. The van der Waals surface area contributed by atoms with Crippen molar-refractivity contribution in [2.24, 2.45) is 5.92 Å². The molecule has 0 heterocycles. The summed E-state index contributed by atoms with van der Waals surface area (Å²) >= 11 is 0. The highest BCUT2D eigenvalue weighted by atomic mass is 19.1. The van der Waals surface area contributed by atoms with Crippen molar-refractivity contribution in [3.05, 3.63) is 0 Å². The predicted octanol–water partition coefficient (Wildman–Crippen LogP) is 4.69. The Labute approximate surface area is 91.7 Å². The molecule has 0 amide bonds. The second-order valence-corrected chi connectivity index (χ2v) is 3.15. The van der Waals surface area contributed by atoms with E-state index >= 15 is 0 Å². The van der Waals surface area contributed by atoms with Gasteiger partial charge in [0.15, 0.2) is 0 Å². The van der Waals surface area contributed by atoms with E-state index in [1.54, 1.807) is 0 Å². The summed E-state index contributed by atoms with van der Waals surface area (Å²) in [4.78, 5) is 0. The molecule has 0 fully saturated rings. The SMILES string of the molecule is CC(C)C.CCC.CCC.CF.CO. The van der Waals surface area contributed by atoms with Crippen molar-refractivity contribution in [1.82, 2.24) is 0 Å².